The van der Waals surface area contributed by atoms with Gasteiger partial charge in [-0.1, -0.05) is 18.5 Å². The molecule has 0 saturated heterocycles. The summed E-state index contributed by atoms with van der Waals surface area (Å²) < 4.78 is 5.24. The Labute approximate surface area is 86.6 Å². The number of aromatic nitrogens is 1. The highest BCUT2D eigenvalue weighted by atomic mass is 35.5. The van der Waals surface area contributed by atoms with Crippen LogP contribution in [0.1, 0.15) is 13.3 Å². The van der Waals surface area contributed by atoms with Gasteiger partial charge in [-0.3, -0.25) is 0 Å². The van der Waals surface area contributed by atoms with Gasteiger partial charge in [-0.05, 0) is 6.42 Å². The zero-order chi connectivity index (χ0) is 10.4. The van der Waals surface area contributed by atoms with E-state index >= 15 is 0 Å². The Morgan fingerprint density at radius 3 is 3.07 bits per heavy atom. The molecule has 0 amide bonds. The minimum Gasteiger partial charge on any atom is -0.478 e. The summed E-state index contributed by atoms with van der Waals surface area (Å²) in [5.41, 5.74) is 0.395. The van der Waals surface area contributed by atoms with Crippen LogP contribution in [0.2, 0.25) is 5.15 Å². The fourth-order valence-corrected chi connectivity index (χ4v) is 1.05. The average molecular weight is 213 g/mol. The van der Waals surface area contributed by atoms with Crippen molar-refractivity contribution in [3.63, 3.8) is 0 Å². The molecule has 0 atom stereocenters. The highest BCUT2D eigenvalue weighted by Gasteiger charge is 2.00. The number of aliphatic imine (C=N–C) groups is 1. The van der Waals surface area contributed by atoms with Gasteiger partial charge in [0.25, 0.3) is 0 Å². The Hall–Kier alpha value is -1.38. The van der Waals surface area contributed by atoms with E-state index in [1.165, 1.54) is 18.2 Å². The number of ether oxygens (including phenoxy) is 1. The van der Waals surface area contributed by atoms with Gasteiger partial charge in [0.15, 0.2) is 0 Å². The molecule has 0 fully saturated rings. The van der Waals surface area contributed by atoms with Crippen molar-refractivity contribution < 1.29 is 9.53 Å². The predicted octanol–water partition coefficient (Wildman–Crippen LogP) is 2.49. The first-order valence-corrected chi connectivity index (χ1v) is 4.52. The normalized spacial score (nSPS) is 9.29. The second kappa shape index (κ2) is 5.37. The van der Waals surface area contributed by atoms with Crippen LogP contribution in [0.15, 0.2) is 17.1 Å². The van der Waals surface area contributed by atoms with Gasteiger partial charge in [0, 0.05) is 12.1 Å². The minimum absolute atomic E-state index is 0.243. The van der Waals surface area contributed by atoms with Crippen molar-refractivity contribution >= 4 is 23.4 Å². The number of isocyanates is 1. The molecule has 5 heteroatoms. The predicted molar refractivity (Wildman–Crippen MR) is 52.8 cm³/mol. The smallest absolute Gasteiger partial charge is 0.240 e. The molecule has 74 valence electrons. The van der Waals surface area contributed by atoms with Gasteiger partial charge in [0.2, 0.25) is 12.0 Å². The number of rotatable bonds is 4. The number of nitrogens with zero attached hydrogens (tertiary/aromatic N) is 2. The van der Waals surface area contributed by atoms with Crippen LogP contribution in [0.3, 0.4) is 0 Å². The molecule has 4 nitrogen and oxygen atoms in total. The lowest BCUT2D eigenvalue weighted by molar-refractivity contribution is 0.305. The maximum Gasteiger partial charge on any atom is 0.240 e. The van der Waals surface area contributed by atoms with Crippen LogP contribution in [0, 0.1) is 0 Å². The lowest BCUT2D eigenvalue weighted by Gasteiger charge is -2.03. The third kappa shape index (κ3) is 3.17. The molecule has 0 spiro atoms. The monoisotopic (exact) mass is 212 g/mol. The van der Waals surface area contributed by atoms with Crippen molar-refractivity contribution in [2.75, 3.05) is 6.61 Å². The molecule has 1 aromatic rings. The zero-order valence-corrected chi connectivity index (χ0v) is 8.41. The zero-order valence-electron chi connectivity index (χ0n) is 7.66. The van der Waals surface area contributed by atoms with E-state index in [1.807, 2.05) is 6.92 Å². The summed E-state index contributed by atoms with van der Waals surface area (Å²) in [6.07, 6.45) is 2.30. The summed E-state index contributed by atoms with van der Waals surface area (Å²) >= 11 is 5.68. The molecule has 1 rings (SSSR count). The lowest BCUT2D eigenvalue weighted by atomic mass is 10.4. The number of hydrogen-bond acceptors (Lipinski definition) is 4. The maximum absolute atomic E-state index is 10.0. The summed E-state index contributed by atoms with van der Waals surface area (Å²) in [6, 6.07) is 3.00. The summed E-state index contributed by atoms with van der Waals surface area (Å²) in [5, 5.41) is 0.243. The Kier molecular flexibility index (Phi) is 4.11. The van der Waals surface area contributed by atoms with Crippen LogP contribution in [-0.2, 0) is 4.79 Å². The van der Waals surface area contributed by atoms with Crippen LogP contribution in [0.5, 0.6) is 5.88 Å². The van der Waals surface area contributed by atoms with Crippen LogP contribution < -0.4 is 4.74 Å². The number of carbonyl (C=O) groups excluding carboxylic acids is 1. The van der Waals surface area contributed by atoms with Crippen molar-refractivity contribution in [3.8, 4) is 5.88 Å². The number of hydrogen-bond donors (Lipinski definition) is 0. The van der Waals surface area contributed by atoms with E-state index in [1.54, 1.807) is 0 Å². The molecule has 0 unspecified atom stereocenters. The molecule has 0 aliphatic rings. The van der Waals surface area contributed by atoms with E-state index in [0.717, 1.165) is 6.42 Å². The Morgan fingerprint density at radius 1 is 1.64 bits per heavy atom. The molecule has 0 aliphatic heterocycles. The van der Waals surface area contributed by atoms with Gasteiger partial charge in [-0.15, -0.1) is 0 Å². The largest absolute Gasteiger partial charge is 0.478 e. The molecule has 1 heterocycles. The fourth-order valence-electron chi connectivity index (χ4n) is 0.858. The highest BCUT2D eigenvalue weighted by Crippen LogP contribution is 2.22. The van der Waals surface area contributed by atoms with Crippen molar-refractivity contribution in [1.82, 2.24) is 4.98 Å². The van der Waals surface area contributed by atoms with Gasteiger partial charge in [0.1, 0.15) is 5.15 Å². The number of halogens is 1. The van der Waals surface area contributed by atoms with E-state index in [0.29, 0.717) is 18.2 Å². The highest BCUT2D eigenvalue weighted by molar-refractivity contribution is 6.29. The second-order valence-electron chi connectivity index (χ2n) is 2.54. The third-order valence-electron chi connectivity index (χ3n) is 1.38. The van der Waals surface area contributed by atoms with E-state index in [4.69, 9.17) is 16.3 Å². The molecular weight excluding hydrogens is 204 g/mol. The Morgan fingerprint density at radius 2 is 2.43 bits per heavy atom. The second-order valence-corrected chi connectivity index (χ2v) is 2.93. The fraction of sp³-hybridized carbons (Fsp3) is 0.333. The molecule has 14 heavy (non-hydrogen) atoms. The molecule has 0 radical (unpaired) electrons. The molecule has 0 N–H and O–H groups in total. The molecule has 0 aromatic carbocycles. The Balaban J connectivity index is 2.89. The van der Waals surface area contributed by atoms with E-state index in [9.17, 15) is 4.79 Å². The third-order valence-corrected chi connectivity index (χ3v) is 1.58. The number of pyridine rings is 1. The first-order valence-electron chi connectivity index (χ1n) is 4.14. The van der Waals surface area contributed by atoms with Crippen LogP contribution in [-0.4, -0.2) is 17.7 Å². The quantitative estimate of drug-likeness (QED) is 0.438. The van der Waals surface area contributed by atoms with Crippen LogP contribution >= 0.6 is 11.6 Å². The van der Waals surface area contributed by atoms with Crippen molar-refractivity contribution in [1.29, 1.82) is 0 Å². The van der Waals surface area contributed by atoms with Crippen molar-refractivity contribution in [2.24, 2.45) is 4.99 Å². The summed E-state index contributed by atoms with van der Waals surface area (Å²) in [7, 11) is 0. The van der Waals surface area contributed by atoms with Gasteiger partial charge < -0.3 is 4.74 Å². The van der Waals surface area contributed by atoms with E-state index < -0.39 is 0 Å². The van der Waals surface area contributed by atoms with Gasteiger partial charge >= 0.3 is 0 Å². The summed E-state index contributed by atoms with van der Waals surface area (Å²) in [6.45, 7) is 2.53. The lowest BCUT2D eigenvalue weighted by Crippen LogP contribution is -1.96. The standard InChI is InChI=1S/C9H9ClN2O2/c1-2-3-14-9-5-7(11-6-13)4-8(10)12-9/h4-5H,2-3H2,1H3. The molecular formula is C9H9ClN2O2. The summed E-state index contributed by atoms with van der Waals surface area (Å²) in [5.74, 6) is 0.369. The first-order chi connectivity index (χ1) is 6.76. The van der Waals surface area contributed by atoms with E-state index in [2.05, 4.69) is 9.98 Å². The molecule has 0 bridgehead atoms. The molecule has 1 aromatic heterocycles. The van der Waals surface area contributed by atoms with Gasteiger partial charge in [-0.2, -0.15) is 4.99 Å². The SMILES string of the molecule is CCCOc1cc(N=C=O)cc(Cl)n1. The topological polar surface area (TPSA) is 51.5 Å². The summed E-state index contributed by atoms with van der Waals surface area (Å²) in [4.78, 5) is 17.3. The first kappa shape index (κ1) is 10.7. The molecule has 0 saturated carbocycles. The van der Waals surface area contributed by atoms with Crippen molar-refractivity contribution in [3.05, 3.63) is 17.3 Å². The maximum atomic E-state index is 10.0. The van der Waals surface area contributed by atoms with Crippen molar-refractivity contribution in [2.45, 2.75) is 13.3 Å². The van der Waals surface area contributed by atoms with Crippen LogP contribution in [0.4, 0.5) is 5.69 Å². The van der Waals surface area contributed by atoms with Gasteiger partial charge in [0.05, 0.1) is 12.3 Å². The Bertz CT molecular complexity index is 362. The van der Waals surface area contributed by atoms with Crippen LogP contribution in [0.25, 0.3) is 0 Å². The van der Waals surface area contributed by atoms with E-state index in [-0.39, 0.29) is 5.15 Å². The molecule has 0 aliphatic carbocycles. The van der Waals surface area contributed by atoms with Gasteiger partial charge in [-0.25, -0.2) is 9.78 Å². The minimum atomic E-state index is 0.243. The average Bonchev–Trinajstić information content (AvgIpc) is 2.14.